The number of nitrogens with one attached hydrogen (secondary N) is 1. The van der Waals surface area contributed by atoms with Crippen molar-refractivity contribution in [2.75, 3.05) is 18.5 Å². The second kappa shape index (κ2) is 9.38. The number of ether oxygens (including phenoxy) is 1. The minimum Gasteiger partial charge on any atom is -0.494 e. The Labute approximate surface area is 171 Å². The SMILES string of the molecule is CCCOc1ccc(C=C2SC(=O)N(CC(=O)Nc3ccc(F)cc3)C2=O)cc1. The highest BCUT2D eigenvalue weighted by Gasteiger charge is 2.36. The molecule has 2 aromatic carbocycles. The van der Waals surface area contributed by atoms with Crippen LogP contribution in [0.4, 0.5) is 14.9 Å². The van der Waals surface area contributed by atoms with Gasteiger partial charge in [-0.05, 0) is 66.2 Å². The van der Waals surface area contributed by atoms with Crippen LogP contribution in [0, 0.1) is 5.82 Å². The van der Waals surface area contributed by atoms with Crippen LogP contribution in [0.5, 0.6) is 5.75 Å². The van der Waals surface area contributed by atoms with Crippen LogP contribution in [0.2, 0.25) is 0 Å². The van der Waals surface area contributed by atoms with E-state index >= 15 is 0 Å². The second-order valence-electron chi connectivity index (χ2n) is 6.24. The van der Waals surface area contributed by atoms with Crippen molar-refractivity contribution in [1.82, 2.24) is 4.90 Å². The molecule has 1 aliphatic heterocycles. The first kappa shape index (κ1) is 20.6. The largest absolute Gasteiger partial charge is 0.494 e. The molecule has 6 nitrogen and oxygen atoms in total. The van der Waals surface area contributed by atoms with Crippen molar-refractivity contribution in [3.05, 3.63) is 64.8 Å². The van der Waals surface area contributed by atoms with Crippen molar-refractivity contribution in [2.24, 2.45) is 0 Å². The molecular formula is C21H19FN2O4S. The average Bonchev–Trinajstić information content (AvgIpc) is 2.96. The van der Waals surface area contributed by atoms with Crippen molar-refractivity contribution in [1.29, 1.82) is 0 Å². The molecule has 0 atom stereocenters. The summed E-state index contributed by atoms with van der Waals surface area (Å²) >= 11 is 0.783. The Kier molecular flexibility index (Phi) is 6.66. The van der Waals surface area contributed by atoms with Gasteiger partial charge in [-0.2, -0.15) is 0 Å². The number of imide groups is 1. The van der Waals surface area contributed by atoms with E-state index in [-0.39, 0.29) is 4.91 Å². The maximum Gasteiger partial charge on any atom is 0.294 e. The molecule has 0 spiro atoms. The number of hydrogen-bond donors (Lipinski definition) is 1. The maximum absolute atomic E-state index is 12.9. The number of halogens is 1. The van der Waals surface area contributed by atoms with E-state index in [1.807, 2.05) is 6.92 Å². The highest BCUT2D eigenvalue weighted by molar-refractivity contribution is 8.18. The number of anilines is 1. The molecule has 1 fully saturated rings. The van der Waals surface area contributed by atoms with Crippen molar-refractivity contribution in [3.63, 3.8) is 0 Å². The van der Waals surface area contributed by atoms with Gasteiger partial charge in [-0.15, -0.1) is 0 Å². The number of benzene rings is 2. The van der Waals surface area contributed by atoms with Crippen LogP contribution < -0.4 is 10.1 Å². The number of carbonyl (C=O) groups is 3. The van der Waals surface area contributed by atoms with Crippen LogP contribution in [-0.4, -0.2) is 35.1 Å². The smallest absolute Gasteiger partial charge is 0.294 e. The molecule has 1 saturated heterocycles. The standard InChI is InChI=1S/C21H19FN2O4S/c1-2-11-28-17-9-3-14(4-10-17)12-18-20(26)24(21(27)29-18)13-19(25)23-16-7-5-15(22)6-8-16/h3-10,12H,2,11,13H2,1H3,(H,23,25). The van der Waals surface area contributed by atoms with Gasteiger partial charge >= 0.3 is 0 Å². The van der Waals surface area contributed by atoms with E-state index < -0.39 is 29.4 Å². The lowest BCUT2D eigenvalue weighted by Crippen LogP contribution is -2.36. The summed E-state index contributed by atoms with van der Waals surface area (Å²) in [5.41, 5.74) is 1.12. The average molecular weight is 414 g/mol. The van der Waals surface area contributed by atoms with Crippen molar-refractivity contribution >= 4 is 40.6 Å². The monoisotopic (exact) mass is 414 g/mol. The quantitative estimate of drug-likeness (QED) is 0.684. The predicted octanol–water partition coefficient (Wildman–Crippen LogP) is 4.29. The van der Waals surface area contributed by atoms with Gasteiger partial charge in [-0.3, -0.25) is 19.3 Å². The number of nitrogens with zero attached hydrogens (tertiary/aromatic N) is 1. The summed E-state index contributed by atoms with van der Waals surface area (Å²) in [6.07, 6.45) is 2.51. The molecule has 1 heterocycles. The van der Waals surface area contributed by atoms with Crippen LogP contribution in [0.3, 0.4) is 0 Å². The molecule has 8 heteroatoms. The van der Waals surface area contributed by atoms with E-state index in [4.69, 9.17) is 4.74 Å². The van der Waals surface area contributed by atoms with E-state index in [1.165, 1.54) is 24.3 Å². The molecule has 3 amide bonds. The van der Waals surface area contributed by atoms with Gasteiger partial charge < -0.3 is 10.1 Å². The fourth-order valence-corrected chi connectivity index (χ4v) is 3.38. The van der Waals surface area contributed by atoms with Gasteiger partial charge in [0, 0.05) is 5.69 Å². The number of rotatable bonds is 7. The summed E-state index contributed by atoms with van der Waals surface area (Å²) < 4.78 is 18.4. The number of carbonyl (C=O) groups excluding carboxylic acids is 3. The molecule has 3 rings (SSSR count). The highest BCUT2D eigenvalue weighted by atomic mass is 32.2. The lowest BCUT2D eigenvalue weighted by atomic mass is 10.2. The Morgan fingerprint density at radius 3 is 2.48 bits per heavy atom. The summed E-state index contributed by atoms with van der Waals surface area (Å²) in [6.45, 7) is 2.23. The molecular weight excluding hydrogens is 395 g/mol. The number of amides is 3. The molecule has 1 aliphatic rings. The fraction of sp³-hybridized carbons (Fsp3) is 0.190. The van der Waals surface area contributed by atoms with Crippen molar-refractivity contribution in [3.8, 4) is 5.75 Å². The fourth-order valence-electron chi connectivity index (χ4n) is 2.55. The van der Waals surface area contributed by atoms with E-state index in [0.717, 1.165) is 34.4 Å². The van der Waals surface area contributed by atoms with Gasteiger partial charge in [0.05, 0.1) is 11.5 Å². The van der Waals surface area contributed by atoms with E-state index in [1.54, 1.807) is 30.3 Å². The summed E-state index contributed by atoms with van der Waals surface area (Å²) in [6, 6.07) is 12.4. The Hall–Kier alpha value is -3.13. The lowest BCUT2D eigenvalue weighted by molar-refractivity contribution is -0.127. The Balaban J connectivity index is 1.63. The van der Waals surface area contributed by atoms with Gasteiger partial charge in [0.25, 0.3) is 11.1 Å². The van der Waals surface area contributed by atoms with Crippen molar-refractivity contribution in [2.45, 2.75) is 13.3 Å². The van der Waals surface area contributed by atoms with E-state index in [9.17, 15) is 18.8 Å². The van der Waals surface area contributed by atoms with Crippen LogP contribution in [0.1, 0.15) is 18.9 Å². The molecule has 150 valence electrons. The Bertz CT molecular complexity index is 942. The Morgan fingerprint density at radius 2 is 1.83 bits per heavy atom. The summed E-state index contributed by atoms with van der Waals surface area (Å²) in [5.74, 6) is -0.767. The molecule has 0 aromatic heterocycles. The maximum atomic E-state index is 12.9. The predicted molar refractivity (Wildman–Crippen MR) is 110 cm³/mol. The van der Waals surface area contributed by atoms with E-state index in [0.29, 0.717) is 12.3 Å². The van der Waals surface area contributed by atoms with Crippen LogP contribution in [0.25, 0.3) is 6.08 Å². The molecule has 0 saturated carbocycles. The zero-order chi connectivity index (χ0) is 20.8. The third-order valence-electron chi connectivity index (χ3n) is 3.95. The molecule has 0 radical (unpaired) electrons. The minimum absolute atomic E-state index is 0.242. The first-order chi connectivity index (χ1) is 14.0. The minimum atomic E-state index is -0.544. The van der Waals surface area contributed by atoms with Gasteiger partial charge in [-0.25, -0.2) is 4.39 Å². The van der Waals surface area contributed by atoms with Gasteiger partial charge in [0.1, 0.15) is 18.1 Å². The van der Waals surface area contributed by atoms with Crippen LogP contribution in [0.15, 0.2) is 53.4 Å². The van der Waals surface area contributed by atoms with Gasteiger partial charge in [0.2, 0.25) is 5.91 Å². The Morgan fingerprint density at radius 1 is 1.14 bits per heavy atom. The molecule has 0 unspecified atom stereocenters. The molecule has 29 heavy (non-hydrogen) atoms. The zero-order valence-electron chi connectivity index (χ0n) is 15.7. The summed E-state index contributed by atoms with van der Waals surface area (Å²) in [7, 11) is 0. The molecule has 0 bridgehead atoms. The zero-order valence-corrected chi connectivity index (χ0v) is 16.5. The lowest BCUT2D eigenvalue weighted by Gasteiger charge is -2.12. The molecule has 2 aromatic rings. The first-order valence-electron chi connectivity index (χ1n) is 9.00. The summed E-state index contributed by atoms with van der Waals surface area (Å²) in [5, 5.41) is 2.01. The molecule has 1 N–H and O–H groups in total. The van der Waals surface area contributed by atoms with E-state index in [2.05, 4.69) is 5.32 Å². The number of hydrogen-bond acceptors (Lipinski definition) is 5. The third-order valence-corrected chi connectivity index (χ3v) is 4.86. The van der Waals surface area contributed by atoms with Gasteiger partial charge in [0.15, 0.2) is 0 Å². The van der Waals surface area contributed by atoms with Gasteiger partial charge in [-0.1, -0.05) is 19.1 Å². The normalized spacial score (nSPS) is 15.1. The number of thioether (sulfide) groups is 1. The van der Waals surface area contributed by atoms with Crippen LogP contribution >= 0.6 is 11.8 Å². The second-order valence-corrected chi connectivity index (χ2v) is 7.23. The molecule has 0 aliphatic carbocycles. The third kappa shape index (κ3) is 5.45. The topological polar surface area (TPSA) is 75.7 Å². The first-order valence-corrected chi connectivity index (χ1v) is 9.81. The summed E-state index contributed by atoms with van der Waals surface area (Å²) in [4.78, 5) is 38.0. The van der Waals surface area contributed by atoms with Crippen molar-refractivity contribution < 1.29 is 23.5 Å². The highest BCUT2D eigenvalue weighted by Crippen LogP contribution is 2.32. The van der Waals surface area contributed by atoms with Crippen LogP contribution in [-0.2, 0) is 9.59 Å².